The molecule has 2 aliphatic carbocycles. The fraction of sp³-hybridized carbons (Fsp3) is 1.00. The molecule has 6 nitrogen and oxygen atoms in total. The summed E-state index contributed by atoms with van der Waals surface area (Å²) in [6.07, 6.45) is 11.5. The smallest absolute Gasteiger partial charge is 0.0491 e. The average molecular weight is 516 g/mol. The Kier molecular flexibility index (Phi) is 17.1. The first-order valence-electron chi connectivity index (χ1n) is 12.7. The summed E-state index contributed by atoms with van der Waals surface area (Å²) in [6.45, 7) is 10.4. The normalized spacial score (nSPS) is 32.4. The molecule has 0 amide bonds. The first kappa shape index (κ1) is 33.3. The van der Waals surface area contributed by atoms with E-state index in [2.05, 4.69) is 24.1 Å². The predicted molar refractivity (Wildman–Crippen MR) is 141 cm³/mol. The van der Waals surface area contributed by atoms with Crippen LogP contribution in [0.4, 0.5) is 0 Å². The van der Waals surface area contributed by atoms with Gasteiger partial charge in [0.05, 0.1) is 0 Å². The zero-order valence-corrected chi connectivity index (χ0v) is 22.6. The molecule has 0 aromatic heterocycles. The van der Waals surface area contributed by atoms with Gasteiger partial charge in [0.1, 0.15) is 0 Å². The number of alkyl halides is 2. The van der Waals surface area contributed by atoms with E-state index in [1.165, 1.54) is 64.6 Å². The Balaban J connectivity index is 0.00000341. The number of methoxy groups -OCH3 is 1. The minimum Gasteiger partial charge on any atom is -0.412 e. The molecule has 3 aliphatic rings. The molecule has 2 saturated carbocycles. The molecule has 3 rings (SSSR count). The molecule has 3 fully saturated rings. The zero-order valence-electron chi connectivity index (χ0n) is 21.1. The van der Waals surface area contributed by atoms with Gasteiger partial charge in [-0.15, -0.1) is 23.2 Å². The van der Waals surface area contributed by atoms with Crippen molar-refractivity contribution < 1.29 is 21.2 Å². The number of likely N-dealkylation sites (tertiary alicyclic amines) is 1. The Morgan fingerprint density at radius 3 is 1.97 bits per heavy atom. The Morgan fingerprint density at radius 1 is 0.818 bits per heavy atom. The minimum absolute atomic E-state index is 0. The Bertz CT molecular complexity index is 487. The molecule has 0 bridgehead atoms. The second kappa shape index (κ2) is 16.9. The van der Waals surface area contributed by atoms with Gasteiger partial charge in [0.15, 0.2) is 0 Å². The highest BCUT2D eigenvalue weighted by Gasteiger charge is 2.31. The number of rotatable bonds is 9. The van der Waals surface area contributed by atoms with E-state index in [0.29, 0.717) is 34.5 Å². The SMILES string of the molecule is COCC1CC(Cl)CC(CN[C@@H](CN2CCC(C3CCC(Cl)CC3)CC2)C(C)C)C1.O.O.O. The van der Waals surface area contributed by atoms with Gasteiger partial charge in [-0.2, -0.15) is 0 Å². The monoisotopic (exact) mass is 514 g/mol. The van der Waals surface area contributed by atoms with Crippen LogP contribution in [0.1, 0.15) is 71.6 Å². The van der Waals surface area contributed by atoms with Gasteiger partial charge in [-0.3, -0.25) is 0 Å². The van der Waals surface area contributed by atoms with Crippen molar-refractivity contribution >= 4 is 23.2 Å². The van der Waals surface area contributed by atoms with Gasteiger partial charge < -0.3 is 31.4 Å². The lowest BCUT2D eigenvalue weighted by Gasteiger charge is -2.40. The molecule has 7 N–H and O–H groups in total. The highest BCUT2D eigenvalue weighted by Crippen LogP contribution is 2.37. The molecular weight excluding hydrogens is 463 g/mol. The molecule has 1 aliphatic heterocycles. The van der Waals surface area contributed by atoms with Crippen molar-refractivity contribution in [2.45, 2.75) is 88.4 Å². The largest absolute Gasteiger partial charge is 0.412 e. The average Bonchev–Trinajstić information content (AvgIpc) is 2.72. The molecule has 200 valence electrons. The van der Waals surface area contributed by atoms with E-state index in [4.69, 9.17) is 27.9 Å². The predicted octanol–water partition coefficient (Wildman–Crippen LogP) is 3.31. The van der Waals surface area contributed by atoms with E-state index in [9.17, 15) is 0 Å². The van der Waals surface area contributed by atoms with Crippen molar-refractivity contribution in [1.82, 2.24) is 10.2 Å². The van der Waals surface area contributed by atoms with Crippen LogP contribution < -0.4 is 5.32 Å². The number of ether oxygens (including phenoxy) is 1. The van der Waals surface area contributed by atoms with Crippen LogP contribution in [0.3, 0.4) is 0 Å². The summed E-state index contributed by atoms with van der Waals surface area (Å²) < 4.78 is 5.41. The first-order valence-corrected chi connectivity index (χ1v) is 13.5. The quantitative estimate of drug-likeness (QED) is 0.475. The summed E-state index contributed by atoms with van der Waals surface area (Å²) >= 11 is 12.9. The van der Waals surface area contributed by atoms with E-state index in [-0.39, 0.29) is 16.4 Å². The van der Waals surface area contributed by atoms with Crippen LogP contribution in [0.5, 0.6) is 0 Å². The number of hydrogen-bond donors (Lipinski definition) is 1. The molecule has 1 saturated heterocycles. The molecule has 3 unspecified atom stereocenters. The van der Waals surface area contributed by atoms with Gasteiger partial charge in [-0.25, -0.2) is 0 Å². The summed E-state index contributed by atoms with van der Waals surface area (Å²) in [5, 5.41) is 4.71. The lowest BCUT2D eigenvalue weighted by molar-refractivity contribution is 0.104. The van der Waals surface area contributed by atoms with Crippen molar-refractivity contribution in [2.24, 2.45) is 29.6 Å². The van der Waals surface area contributed by atoms with Gasteiger partial charge in [-0.05, 0) is 107 Å². The van der Waals surface area contributed by atoms with Crippen molar-refractivity contribution in [3.8, 4) is 0 Å². The highest BCUT2D eigenvalue weighted by molar-refractivity contribution is 6.20. The van der Waals surface area contributed by atoms with Crippen LogP contribution in [0.25, 0.3) is 0 Å². The number of nitrogens with one attached hydrogen (secondary N) is 1. The summed E-state index contributed by atoms with van der Waals surface area (Å²) in [4.78, 5) is 2.72. The van der Waals surface area contributed by atoms with Gasteiger partial charge in [0.2, 0.25) is 0 Å². The Labute approximate surface area is 212 Å². The third-order valence-electron chi connectivity index (χ3n) is 8.18. The van der Waals surface area contributed by atoms with Crippen molar-refractivity contribution in [1.29, 1.82) is 0 Å². The fourth-order valence-electron chi connectivity index (χ4n) is 6.29. The molecule has 8 heteroatoms. The highest BCUT2D eigenvalue weighted by atomic mass is 35.5. The van der Waals surface area contributed by atoms with E-state index in [1.807, 2.05) is 7.11 Å². The van der Waals surface area contributed by atoms with Crippen LogP contribution >= 0.6 is 23.2 Å². The fourth-order valence-corrected chi connectivity index (χ4v) is 7.04. The van der Waals surface area contributed by atoms with Crippen LogP contribution in [0.2, 0.25) is 0 Å². The van der Waals surface area contributed by atoms with Crippen LogP contribution in [0, 0.1) is 29.6 Å². The first-order chi connectivity index (χ1) is 14.4. The van der Waals surface area contributed by atoms with Crippen LogP contribution in [-0.4, -0.2) is 78.0 Å². The molecular formula is C25H52Cl2N2O4. The van der Waals surface area contributed by atoms with Gasteiger partial charge in [-0.1, -0.05) is 13.8 Å². The van der Waals surface area contributed by atoms with E-state index < -0.39 is 0 Å². The van der Waals surface area contributed by atoms with Gasteiger partial charge >= 0.3 is 0 Å². The van der Waals surface area contributed by atoms with Crippen LogP contribution in [0.15, 0.2) is 0 Å². The third-order valence-corrected chi connectivity index (χ3v) is 8.97. The molecule has 1 heterocycles. The second-order valence-electron chi connectivity index (χ2n) is 10.9. The number of halogens is 2. The van der Waals surface area contributed by atoms with E-state index in [0.717, 1.165) is 37.8 Å². The summed E-state index contributed by atoms with van der Waals surface area (Å²) in [5.41, 5.74) is 0. The lowest BCUT2D eigenvalue weighted by atomic mass is 9.75. The topological polar surface area (TPSA) is 119 Å². The molecule has 0 aromatic carbocycles. The lowest BCUT2D eigenvalue weighted by Crippen LogP contribution is -2.49. The van der Waals surface area contributed by atoms with Crippen molar-refractivity contribution in [3.63, 3.8) is 0 Å². The van der Waals surface area contributed by atoms with Crippen molar-refractivity contribution in [2.75, 3.05) is 39.9 Å². The maximum absolute atomic E-state index is 6.56. The maximum Gasteiger partial charge on any atom is 0.0491 e. The van der Waals surface area contributed by atoms with Gasteiger partial charge in [0.25, 0.3) is 0 Å². The van der Waals surface area contributed by atoms with E-state index >= 15 is 0 Å². The van der Waals surface area contributed by atoms with Crippen LogP contribution in [-0.2, 0) is 4.74 Å². The molecule has 0 aromatic rings. The Morgan fingerprint density at radius 2 is 1.39 bits per heavy atom. The number of hydrogen-bond acceptors (Lipinski definition) is 3. The molecule has 0 radical (unpaired) electrons. The Hall–Kier alpha value is 0.340. The van der Waals surface area contributed by atoms with E-state index in [1.54, 1.807) is 0 Å². The summed E-state index contributed by atoms with van der Waals surface area (Å²) in [6, 6.07) is 0.574. The molecule has 4 atom stereocenters. The maximum atomic E-state index is 6.56. The summed E-state index contributed by atoms with van der Waals surface area (Å²) in [7, 11) is 1.81. The molecule has 0 spiro atoms. The zero-order chi connectivity index (χ0) is 21.5. The number of piperidine rings is 1. The third kappa shape index (κ3) is 10.9. The van der Waals surface area contributed by atoms with Gasteiger partial charge in [0, 0.05) is 37.1 Å². The molecule has 33 heavy (non-hydrogen) atoms. The second-order valence-corrected chi connectivity index (χ2v) is 12.1. The summed E-state index contributed by atoms with van der Waals surface area (Å²) in [5.74, 6) is 3.85. The number of nitrogens with zero attached hydrogens (tertiary/aromatic N) is 1. The minimum atomic E-state index is 0. The standard InChI is InChI=1S/C25H46Cl2N2O.3H2O/c1-18(2)25(28-15-19-12-20(17-30-3)14-24(27)13-19)16-29-10-8-22(9-11-29)21-4-6-23(26)7-5-21;;;/h18-25,28H,4-17H2,1-3H3;3*1H2/t19?,20?,21?,23?,24?,25-;;;/m0.../s1. The van der Waals surface area contributed by atoms with Crippen molar-refractivity contribution in [3.05, 3.63) is 0 Å².